The third-order valence-corrected chi connectivity index (χ3v) is 21.1. The van der Waals surface area contributed by atoms with Crippen molar-refractivity contribution in [3.05, 3.63) is 35.9 Å². The molecule has 1 aromatic carbocycles. The summed E-state index contributed by atoms with van der Waals surface area (Å²) in [6.45, 7) is 30.6. The Hall–Kier alpha value is -6.83. The number of likely N-dealkylation sites (N-methyl/N-ethyl adjacent to an activating group) is 7. The Kier molecular flexibility index (Phi) is 40.9. The molecule has 1 fully saturated rings. The number of hydrogen-bond acceptors (Lipinski definition) is 15. The van der Waals surface area contributed by atoms with Crippen LogP contribution in [0.1, 0.15) is 224 Å². The van der Waals surface area contributed by atoms with Gasteiger partial charge < -0.3 is 65.4 Å². The minimum absolute atomic E-state index is 0.0137. The van der Waals surface area contributed by atoms with Crippen LogP contribution in [0, 0.1) is 41.4 Å². The van der Waals surface area contributed by atoms with Gasteiger partial charge in [0.15, 0.2) is 5.37 Å². The Labute approximate surface area is 627 Å². The van der Waals surface area contributed by atoms with Crippen molar-refractivity contribution in [2.75, 3.05) is 61.7 Å². The predicted octanol–water partition coefficient (Wildman–Crippen LogP) is 8.14. The van der Waals surface area contributed by atoms with Gasteiger partial charge >= 0.3 is 5.97 Å². The number of ether oxygens (including phenoxy) is 1. The number of rotatable bonds is 28. The lowest BCUT2D eigenvalue weighted by atomic mass is 9.90. The van der Waals surface area contributed by atoms with E-state index < -0.39 is 161 Å². The molecule has 25 nitrogen and oxygen atoms in total. The smallest absolute Gasteiger partial charge is 0.338 e. The van der Waals surface area contributed by atoms with Gasteiger partial charge in [0.25, 0.3) is 5.91 Å². The summed E-state index contributed by atoms with van der Waals surface area (Å²) in [6, 6.07) is -4.03. The Bertz CT molecular complexity index is 2930. The van der Waals surface area contributed by atoms with Crippen LogP contribution in [0.3, 0.4) is 0 Å². The van der Waals surface area contributed by atoms with Crippen molar-refractivity contribution in [2.24, 2.45) is 41.4 Å². The number of unbranched alkanes of at least 4 members (excludes halogenated alkanes) is 7. The zero-order valence-corrected chi connectivity index (χ0v) is 68.5. The van der Waals surface area contributed by atoms with Crippen molar-refractivity contribution in [3.8, 4) is 0 Å². The van der Waals surface area contributed by atoms with E-state index in [0.717, 1.165) is 48.8 Å². The van der Waals surface area contributed by atoms with Gasteiger partial charge in [-0.2, -0.15) is 0 Å². The first-order valence-electron chi connectivity index (χ1n) is 38.2. The van der Waals surface area contributed by atoms with Crippen molar-refractivity contribution < 1.29 is 67.4 Å². The second kappa shape index (κ2) is 45.6. The molecule has 13 atom stereocenters. The first-order valence-corrected chi connectivity index (χ1v) is 39.3. The first kappa shape index (κ1) is 93.3. The molecule has 0 saturated carbocycles. The van der Waals surface area contributed by atoms with Crippen LogP contribution in [0.4, 0.5) is 0 Å². The van der Waals surface area contributed by atoms with Crippen LogP contribution < -0.4 is 21.3 Å². The predicted molar refractivity (Wildman–Crippen MR) is 409 cm³/mol. The van der Waals surface area contributed by atoms with E-state index in [1.165, 1.54) is 92.6 Å². The van der Waals surface area contributed by atoms with E-state index >= 15 is 33.6 Å². The molecule has 0 bridgehead atoms. The maximum Gasteiger partial charge on any atom is 0.338 e. The van der Waals surface area contributed by atoms with Gasteiger partial charge in [-0.25, -0.2) is 4.79 Å². The molecule has 11 amide bonds. The average Bonchev–Trinajstić information content (AvgIpc) is 0.801. The lowest BCUT2D eigenvalue weighted by molar-refractivity contribution is -0.157. The summed E-state index contributed by atoms with van der Waals surface area (Å²) in [6.07, 6.45) is 6.54. The van der Waals surface area contributed by atoms with Crippen LogP contribution in [-0.4, -0.2) is 244 Å². The van der Waals surface area contributed by atoms with Crippen LogP contribution >= 0.6 is 11.8 Å². The van der Waals surface area contributed by atoms with E-state index in [9.17, 15) is 29.1 Å². The number of aliphatic hydroxyl groups is 1. The number of nitrogens with one attached hydrogen (secondary N) is 4. The molecule has 0 spiro atoms. The molecular formula is C78H135N11O14S. The zero-order chi connectivity index (χ0) is 79.3. The normalized spacial score (nSPS) is 24.7. The van der Waals surface area contributed by atoms with Gasteiger partial charge in [-0.05, 0) is 125 Å². The van der Waals surface area contributed by atoms with Gasteiger partial charge in [-0.15, -0.1) is 11.8 Å². The number of nitrogens with zero attached hydrogens (tertiary/aromatic N) is 7. The van der Waals surface area contributed by atoms with Gasteiger partial charge in [-0.1, -0.05) is 167 Å². The third-order valence-electron chi connectivity index (χ3n) is 19.8. The van der Waals surface area contributed by atoms with E-state index in [0.29, 0.717) is 43.4 Å². The minimum Gasteiger partial charge on any atom is -0.462 e. The largest absolute Gasteiger partial charge is 0.462 e. The van der Waals surface area contributed by atoms with Gasteiger partial charge in [-0.3, -0.25) is 52.7 Å². The lowest BCUT2D eigenvalue weighted by Crippen LogP contribution is -2.64. The summed E-state index contributed by atoms with van der Waals surface area (Å²) >= 11 is 1.16. The number of carbonyl (C=O) groups is 12. The highest BCUT2D eigenvalue weighted by atomic mass is 32.2. The van der Waals surface area contributed by atoms with Crippen LogP contribution in [0.15, 0.2) is 30.3 Å². The van der Waals surface area contributed by atoms with Crippen molar-refractivity contribution >= 4 is 82.7 Å². The number of esters is 1. The molecule has 592 valence electrons. The molecule has 0 aromatic heterocycles. The molecule has 2 rings (SSSR count). The Morgan fingerprint density at radius 2 is 0.904 bits per heavy atom. The molecule has 1 aliphatic rings. The molecule has 1 heterocycles. The topological polar surface area (TPSA) is 305 Å². The van der Waals surface area contributed by atoms with Crippen LogP contribution in [-0.2, 0) is 57.5 Å². The van der Waals surface area contributed by atoms with Crippen LogP contribution in [0.25, 0.3) is 0 Å². The second-order valence-corrected chi connectivity index (χ2v) is 32.5. The molecule has 26 heteroatoms. The molecule has 1 aromatic rings. The maximum absolute atomic E-state index is 15.6. The standard InChI is InChI=1S/C78H135N11O14S/c1-25-27-28-29-33-38-53(15)65(90)64-69(94)81-57(26-2)71(96)89(24)77(104-42-37-31-30-36-41-103-78(102)56-39-34-32-35-40-56)76(101)84(19)59(44-48(5)6)68(93)82-62(51(11)12)74(99)83(18)58(43-47(3)4)67(92)79-54(16)66(91)80-55(17)70(95)85(20)60(45-49(7)8)72(97)86(21)61(46-50(9)10)73(98)87(22)63(52(13)14)75(100)88(64)23/h32,34-35,39-40,47-55,57-65,77,90H,25-31,33,36-38,41-46H2,1-24H3,(H,79,92)(H,80,91)(H,81,94)(H,82,93)/t53-,54+,55-,57+,58+,59+,60+,61+,62+,63+,64+,65-,77-/m1/s1. The minimum atomic E-state index is -1.63. The summed E-state index contributed by atoms with van der Waals surface area (Å²) in [4.78, 5) is 187. The molecule has 5 N–H and O–H groups in total. The quantitative estimate of drug-likeness (QED) is 0.0391. The lowest BCUT2D eigenvalue weighted by Gasteiger charge is -2.41. The van der Waals surface area contributed by atoms with Crippen molar-refractivity contribution in [2.45, 2.75) is 286 Å². The van der Waals surface area contributed by atoms with E-state index in [1.54, 1.807) is 65.8 Å². The number of hydrogen-bond donors (Lipinski definition) is 5. The zero-order valence-electron chi connectivity index (χ0n) is 67.7. The van der Waals surface area contributed by atoms with Gasteiger partial charge in [0, 0.05) is 49.3 Å². The van der Waals surface area contributed by atoms with E-state index in [4.69, 9.17) is 4.74 Å². The molecular weight excluding hydrogens is 1350 g/mol. The fourth-order valence-corrected chi connectivity index (χ4v) is 14.4. The Morgan fingerprint density at radius 1 is 0.452 bits per heavy atom. The molecule has 0 aliphatic carbocycles. The van der Waals surface area contributed by atoms with Gasteiger partial charge in [0.2, 0.25) is 59.1 Å². The number of amides is 11. The number of benzene rings is 1. The Balaban J connectivity index is 3.07. The number of aliphatic hydroxyl groups excluding tert-OH is 1. The maximum atomic E-state index is 15.6. The van der Waals surface area contributed by atoms with Crippen molar-refractivity contribution in [1.29, 1.82) is 0 Å². The molecule has 104 heavy (non-hydrogen) atoms. The van der Waals surface area contributed by atoms with Crippen LogP contribution in [0.2, 0.25) is 0 Å². The van der Waals surface area contributed by atoms with E-state index in [-0.39, 0.29) is 62.4 Å². The fourth-order valence-electron chi connectivity index (χ4n) is 13.2. The van der Waals surface area contributed by atoms with Gasteiger partial charge in [0.05, 0.1) is 18.3 Å². The summed E-state index contributed by atoms with van der Waals surface area (Å²) in [5.41, 5.74) is 0.441. The SMILES string of the molecule is CCCCCCC[C@@H](C)[C@@H](O)[C@H]1C(=O)N[C@@H](CC)C(=O)N(C)[C@H](SCCCCCCOC(=O)c2ccccc2)C(=O)N(C)[C@@H](CC(C)C)C(=O)N[C@@H](C(C)C)C(=O)N(C)[C@@H](CC(C)C)C(=O)N[C@@H](C)C(=O)N[C@H](C)C(=O)N(C)[C@@H](CC(C)C)C(=O)N(C)[C@@H](CC(C)C)C(=O)N(C)[C@@H](C(C)C)C(=O)N1C. The summed E-state index contributed by atoms with van der Waals surface area (Å²) < 4.78 is 5.51. The van der Waals surface area contributed by atoms with Gasteiger partial charge in [0.1, 0.15) is 60.4 Å². The Morgan fingerprint density at radius 3 is 1.41 bits per heavy atom. The number of thioether (sulfide) groups is 1. The summed E-state index contributed by atoms with van der Waals surface area (Å²) in [5, 5.41) is 22.5. The monoisotopic (exact) mass is 1480 g/mol. The molecule has 1 aliphatic heterocycles. The van der Waals surface area contributed by atoms with Crippen molar-refractivity contribution in [1.82, 2.24) is 55.6 Å². The molecule has 0 unspecified atom stereocenters. The van der Waals surface area contributed by atoms with E-state index in [2.05, 4.69) is 28.2 Å². The second-order valence-electron chi connectivity index (χ2n) is 31.3. The first-order chi connectivity index (χ1) is 48.6. The molecule has 0 radical (unpaired) electrons. The summed E-state index contributed by atoms with van der Waals surface area (Å²) in [5.74, 6) is -10.0. The highest BCUT2D eigenvalue weighted by molar-refractivity contribution is 8.00. The molecule has 1 saturated heterocycles. The summed E-state index contributed by atoms with van der Waals surface area (Å²) in [7, 11) is 10.1. The highest BCUT2D eigenvalue weighted by Gasteiger charge is 2.47. The average molecular weight is 1480 g/mol. The van der Waals surface area contributed by atoms with Crippen molar-refractivity contribution in [3.63, 3.8) is 0 Å². The van der Waals surface area contributed by atoms with Crippen LogP contribution in [0.5, 0.6) is 0 Å². The number of carbonyl (C=O) groups excluding carboxylic acids is 12. The fraction of sp³-hybridized carbons (Fsp3) is 0.769. The highest BCUT2D eigenvalue weighted by Crippen LogP contribution is 2.28. The van der Waals surface area contributed by atoms with E-state index in [1.807, 2.05) is 61.5 Å². The third kappa shape index (κ3) is 28.1.